The molecule has 1 aliphatic heterocycles. The van der Waals surface area contributed by atoms with E-state index in [0.29, 0.717) is 0 Å². The molecule has 0 bridgehead atoms. The Hall–Kier alpha value is -0.910. The number of carbonyl (C=O) groups is 1. The maximum Gasteiger partial charge on any atom is 0.241 e. The molecule has 3 rings (SSSR count). The number of halogens is 1. The smallest absolute Gasteiger partial charge is 0.241 e. The van der Waals surface area contributed by atoms with Crippen molar-refractivity contribution >= 4 is 21.8 Å². The van der Waals surface area contributed by atoms with Gasteiger partial charge < -0.3 is 15.8 Å². The van der Waals surface area contributed by atoms with Crippen LogP contribution >= 0.6 is 15.9 Å². The van der Waals surface area contributed by atoms with Crippen molar-refractivity contribution in [2.45, 2.75) is 51.3 Å². The highest BCUT2D eigenvalue weighted by atomic mass is 79.9. The minimum Gasteiger partial charge on any atom is -0.377 e. The molecule has 1 heterocycles. The predicted molar refractivity (Wildman–Crippen MR) is 93.9 cm³/mol. The lowest BCUT2D eigenvalue weighted by Crippen LogP contribution is -2.82. The Morgan fingerprint density at radius 1 is 1.39 bits per heavy atom. The number of carbonyl (C=O) groups excluding carboxylic acids is 1. The van der Waals surface area contributed by atoms with E-state index in [1.807, 2.05) is 45.0 Å². The highest BCUT2D eigenvalue weighted by Crippen LogP contribution is 2.57. The quantitative estimate of drug-likeness (QED) is 0.846. The molecule has 1 aromatic rings. The topological polar surface area (TPSA) is 64.4 Å². The number of ether oxygens (including phenoxy) is 1. The largest absolute Gasteiger partial charge is 0.377 e. The predicted octanol–water partition coefficient (Wildman–Crippen LogP) is 3.16. The zero-order valence-corrected chi connectivity index (χ0v) is 15.5. The molecular formula is C18H25BrN2O2. The highest BCUT2D eigenvalue weighted by Gasteiger charge is 2.70. The molecule has 3 N–H and O–H groups in total. The molecule has 4 nitrogen and oxygen atoms in total. The fourth-order valence-corrected chi connectivity index (χ4v) is 4.45. The molecule has 1 aliphatic carbocycles. The van der Waals surface area contributed by atoms with Gasteiger partial charge in [-0.2, -0.15) is 0 Å². The molecule has 4 atom stereocenters. The van der Waals surface area contributed by atoms with Crippen LogP contribution in [0.5, 0.6) is 0 Å². The monoisotopic (exact) mass is 380 g/mol. The first kappa shape index (κ1) is 16.9. The van der Waals surface area contributed by atoms with Crippen molar-refractivity contribution in [3.05, 3.63) is 34.3 Å². The number of benzene rings is 1. The van der Waals surface area contributed by atoms with Gasteiger partial charge in [0.05, 0.1) is 12.1 Å². The lowest BCUT2D eigenvalue weighted by Gasteiger charge is -2.65. The van der Waals surface area contributed by atoms with Gasteiger partial charge in [-0.05, 0) is 37.5 Å². The molecule has 4 unspecified atom stereocenters. The van der Waals surface area contributed by atoms with Crippen molar-refractivity contribution in [2.75, 3.05) is 6.61 Å². The van der Waals surface area contributed by atoms with Crippen LogP contribution in [0.2, 0.25) is 0 Å². The van der Waals surface area contributed by atoms with Gasteiger partial charge in [0.25, 0.3) is 0 Å². The van der Waals surface area contributed by atoms with E-state index in [2.05, 4.69) is 21.2 Å². The maximum atomic E-state index is 13.0. The van der Waals surface area contributed by atoms with Gasteiger partial charge in [0.1, 0.15) is 5.54 Å². The van der Waals surface area contributed by atoms with Crippen molar-refractivity contribution in [1.29, 1.82) is 0 Å². The molecule has 2 fully saturated rings. The Bertz CT molecular complexity index is 602. The highest BCUT2D eigenvalue weighted by molar-refractivity contribution is 9.10. The summed E-state index contributed by atoms with van der Waals surface area (Å²) in [6.07, 6.45) is 2.03. The molecule has 126 valence electrons. The van der Waals surface area contributed by atoms with Crippen molar-refractivity contribution in [3.63, 3.8) is 0 Å². The van der Waals surface area contributed by atoms with Crippen LogP contribution in [-0.2, 0) is 9.53 Å². The summed E-state index contributed by atoms with van der Waals surface area (Å²) >= 11 is 3.43. The van der Waals surface area contributed by atoms with E-state index in [-0.39, 0.29) is 29.4 Å². The summed E-state index contributed by atoms with van der Waals surface area (Å²) < 4.78 is 6.90. The third-order valence-electron chi connectivity index (χ3n) is 5.78. The van der Waals surface area contributed by atoms with Gasteiger partial charge >= 0.3 is 0 Å². The normalized spacial score (nSPS) is 33.3. The molecule has 0 radical (unpaired) electrons. The number of hydrogen-bond acceptors (Lipinski definition) is 3. The van der Waals surface area contributed by atoms with Crippen LogP contribution in [0.3, 0.4) is 0 Å². The van der Waals surface area contributed by atoms with E-state index >= 15 is 0 Å². The van der Waals surface area contributed by atoms with Gasteiger partial charge in [0.15, 0.2) is 0 Å². The van der Waals surface area contributed by atoms with Crippen LogP contribution in [0.4, 0.5) is 0 Å². The second-order valence-corrected chi connectivity index (χ2v) is 8.29. The van der Waals surface area contributed by atoms with Crippen molar-refractivity contribution in [3.8, 4) is 0 Å². The molecule has 1 amide bonds. The Morgan fingerprint density at radius 2 is 2.04 bits per heavy atom. The molecule has 1 aromatic carbocycles. The summed E-state index contributed by atoms with van der Waals surface area (Å²) in [5.41, 5.74) is 6.49. The number of hydrogen-bond donors (Lipinski definition) is 2. The van der Waals surface area contributed by atoms with Gasteiger partial charge in [-0.3, -0.25) is 4.79 Å². The maximum absolute atomic E-state index is 13.0. The van der Waals surface area contributed by atoms with E-state index < -0.39 is 5.54 Å². The average molecular weight is 381 g/mol. The molecule has 1 saturated carbocycles. The fourth-order valence-electron chi connectivity index (χ4n) is 4.19. The third kappa shape index (κ3) is 2.53. The molecule has 0 spiro atoms. The van der Waals surface area contributed by atoms with Gasteiger partial charge in [-0.25, -0.2) is 0 Å². The zero-order chi connectivity index (χ0) is 16.8. The number of amides is 1. The fraction of sp³-hybridized carbons (Fsp3) is 0.611. The first-order chi connectivity index (χ1) is 10.8. The summed E-state index contributed by atoms with van der Waals surface area (Å²) in [7, 11) is 0. The number of nitrogens with one attached hydrogen (secondary N) is 1. The summed E-state index contributed by atoms with van der Waals surface area (Å²) in [5.74, 6) is 0.0491. The van der Waals surface area contributed by atoms with Crippen LogP contribution in [0, 0.1) is 11.3 Å². The van der Waals surface area contributed by atoms with Crippen LogP contribution in [-0.4, -0.2) is 24.2 Å². The minimum atomic E-state index is -0.859. The third-order valence-corrected chi connectivity index (χ3v) is 6.31. The van der Waals surface area contributed by atoms with Gasteiger partial charge in [-0.15, -0.1) is 0 Å². The van der Waals surface area contributed by atoms with E-state index in [4.69, 9.17) is 10.5 Å². The molecule has 2 aliphatic rings. The SMILES string of the molecule is CC(NC(=O)C1(N)C2CCCOC2C1(C)C)c1ccc(Br)cc1. The Morgan fingerprint density at radius 3 is 2.70 bits per heavy atom. The minimum absolute atomic E-state index is 0.0651. The van der Waals surface area contributed by atoms with E-state index in [1.165, 1.54) is 0 Å². The number of fused-ring (bicyclic) bond motifs is 1. The van der Waals surface area contributed by atoms with Crippen LogP contribution in [0.1, 0.15) is 45.2 Å². The van der Waals surface area contributed by atoms with Crippen LogP contribution in [0.25, 0.3) is 0 Å². The zero-order valence-electron chi connectivity index (χ0n) is 13.9. The molecule has 5 heteroatoms. The Labute approximate surface area is 146 Å². The standard InChI is InChI=1S/C18H25BrN2O2/c1-11(12-6-8-13(19)9-7-12)21-16(22)18(20)14-5-4-10-23-15(14)17(18,2)3/h6-9,11,14-15H,4-5,10,20H2,1-3H3,(H,21,22). The molecule has 23 heavy (non-hydrogen) atoms. The van der Waals surface area contributed by atoms with Gasteiger partial charge in [0.2, 0.25) is 5.91 Å². The van der Waals surface area contributed by atoms with Crippen molar-refractivity contribution in [1.82, 2.24) is 5.32 Å². The number of nitrogens with two attached hydrogens (primary N) is 1. The first-order valence-electron chi connectivity index (χ1n) is 8.25. The summed E-state index contributed by atoms with van der Waals surface area (Å²) in [6.45, 7) is 6.86. The Kier molecular flexibility index (Phi) is 4.32. The van der Waals surface area contributed by atoms with E-state index in [9.17, 15) is 4.79 Å². The number of rotatable bonds is 3. The second kappa shape index (κ2) is 5.87. The summed E-state index contributed by atoms with van der Waals surface area (Å²) in [6, 6.07) is 7.91. The molecule has 0 aromatic heterocycles. The van der Waals surface area contributed by atoms with E-state index in [0.717, 1.165) is 29.5 Å². The van der Waals surface area contributed by atoms with E-state index in [1.54, 1.807) is 0 Å². The molecule has 1 saturated heterocycles. The van der Waals surface area contributed by atoms with Crippen LogP contribution in [0.15, 0.2) is 28.7 Å². The second-order valence-electron chi connectivity index (χ2n) is 7.38. The van der Waals surface area contributed by atoms with Gasteiger partial charge in [-0.1, -0.05) is 41.9 Å². The van der Waals surface area contributed by atoms with Gasteiger partial charge in [0, 0.05) is 22.4 Å². The lowest BCUT2D eigenvalue weighted by molar-refractivity contribution is -0.225. The average Bonchev–Trinajstić information content (AvgIpc) is 2.54. The Balaban J connectivity index is 1.75. The van der Waals surface area contributed by atoms with Crippen LogP contribution < -0.4 is 11.1 Å². The first-order valence-corrected chi connectivity index (χ1v) is 9.04. The summed E-state index contributed by atoms with van der Waals surface area (Å²) in [4.78, 5) is 13.0. The molecular weight excluding hydrogens is 356 g/mol. The van der Waals surface area contributed by atoms with Crippen molar-refractivity contribution < 1.29 is 9.53 Å². The summed E-state index contributed by atoms with van der Waals surface area (Å²) in [5, 5.41) is 3.11. The lowest BCUT2D eigenvalue weighted by atomic mass is 9.46. The van der Waals surface area contributed by atoms with Crippen molar-refractivity contribution in [2.24, 2.45) is 17.1 Å².